The van der Waals surface area contributed by atoms with Gasteiger partial charge in [-0.1, -0.05) is 13.8 Å². The summed E-state index contributed by atoms with van der Waals surface area (Å²) in [4.78, 5) is 2.49. The number of rotatable bonds is 4. The maximum atomic E-state index is 4.40. The van der Waals surface area contributed by atoms with Crippen LogP contribution in [0, 0.1) is 0 Å². The van der Waals surface area contributed by atoms with Gasteiger partial charge >= 0.3 is 0 Å². The molecule has 4 nitrogen and oxygen atoms in total. The zero-order valence-electron chi connectivity index (χ0n) is 10.3. The fraction of sp³-hybridized carbons (Fsp3) is 0.750. The van der Waals surface area contributed by atoms with Crippen molar-refractivity contribution in [2.45, 2.75) is 26.3 Å². The molecule has 1 aliphatic rings. The first-order valence-corrected chi connectivity index (χ1v) is 6.21. The summed E-state index contributed by atoms with van der Waals surface area (Å²) in [5.74, 6) is 0.577. The number of piperazine rings is 1. The van der Waals surface area contributed by atoms with Gasteiger partial charge in [-0.3, -0.25) is 9.58 Å². The molecule has 0 aromatic carbocycles. The van der Waals surface area contributed by atoms with E-state index in [2.05, 4.69) is 40.0 Å². The molecule has 1 aromatic heterocycles. The molecule has 0 spiro atoms. The lowest BCUT2D eigenvalue weighted by atomic mass is 10.1. The van der Waals surface area contributed by atoms with Crippen LogP contribution in [0.25, 0.3) is 0 Å². The predicted molar refractivity (Wildman–Crippen MR) is 65.6 cm³/mol. The van der Waals surface area contributed by atoms with E-state index in [1.165, 1.54) is 5.56 Å². The molecule has 1 saturated heterocycles. The van der Waals surface area contributed by atoms with Gasteiger partial charge in [0.2, 0.25) is 0 Å². The molecule has 1 N–H and O–H groups in total. The van der Waals surface area contributed by atoms with Crippen LogP contribution in [-0.4, -0.2) is 47.4 Å². The molecule has 1 aliphatic heterocycles. The fourth-order valence-corrected chi connectivity index (χ4v) is 1.98. The molecule has 90 valence electrons. The first-order chi connectivity index (χ1) is 7.75. The van der Waals surface area contributed by atoms with Gasteiger partial charge in [0.05, 0.1) is 12.7 Å². The van der Waals surface area contributed by atoms with Crippen molar-refractivity contribution >= 4 is 0 Å². The van der Waals surface area contributed by atoms with E-state index in [1.807, 2.05) is 6.20 Å². The number of aromatic nitrogens is 2. The van der Waals surface area contributed by atoms with Crippen LogP contribution >= 0.6 is 0 Å². The van der Waals surface area contributed by atoms with Crippen molar-refractivity contribution in [1.82, 2.24) is 20.0 Å². The first-order valence-electron chi connectivity index (χ1n) is 6.21. The minimum Gasteiger partial charge on any atom is -0.314 e. The van der Waals surface area contributed by atoms with E-state index in [1.54, 1.807) is 0 Å². The fourth-order valence-electron chi connectivity index (χ4n) is 1.98. The van der Waals surface area contributed by atoms with Gasteiger partial charge in [0, 0.05) is 38.9 Å². The summed E-state index contributed by atoms with van der Waals surface area (Å²) in [6, 6.07) is 0. The second-order valence-corrected chi connectivity index (χ2v) is 4.78. The van der Waals surface area contributed by atoms with Gasteiger partial charge in [-0.15, -0.1) is 0 Å². The summed E-state index contributed by atoms with van der Waals surface area (Å²) in [6.45, 7) is 11.1. The maximum absolute atomic E-state index is 4.40. The lowest BCUT2D eigenvalue weighted by molar-refractivity contribution is 0.229. The van der Waals surface area contributed by atoms with Crippen molar-refractivity contribution < 1.29 is 0 Å². The molecule has 0 atom stereocenters. The standard InChI is InChI=1S/C12H22N4/c1-11(2)12-9-14-16(10-12)8-7-15-5-3-13-4-6-15/h9-11,13H,3-8H2,1-2H3. The van der Waals surface area contributed by atoms with E-state index in [0.29, 0.717) is 5.92 Å². The highest BCUT2D eigenvalue weighted by molar-refractivity contribution is 5.08. The molecule has 0 saturated carbocycles. The van der Waals surface area contributed by atoms with E-state index in [0.717, 1.165) is 39.3 Å². The van der Waals surface area contributed by atoms with Crippen LogP contribution in [0.2, 0.25) is 0 Å². The van der Waals surface area contributed by atoms with Crippen LogP contribution in [0.1, 0.15) is 25.3 Å². The zero-order valence-corrected chi connectivity index (χ0v) is 10.3. The van der Waals surface area contributed by atoms with Gasteiger partial charge in [-0.05, 0) is 11.5 Å². The Kier molecular flexibility index (Phi) is 3.96. The lowest BCUT2D eigenvalue weighted by Gasteiger charge is -2.26. The number of nitrogens with zero attached hydrogens (tertiary/aromatic N) is 3. The molecule has 0 unspecified atom stereocenters. The normalized spacial score (nSPS) is 18.2. The van der Waals surface area contributed by atoms with Crippen molar-refractivity contribution in [3.63, 3.8) is 0 Å². The molecular weight excluding hydrogens is 200 g/mol. The minimum absolute atomic E-state index is 0.577. The van der Waals surface area contributed by atoms with Crippen LogP contribution < -0.4 is 5.32 Å². The van der Waals surface area contributed by atoms with Crippen molar-refractivity contribution in [3.05, 3.63) is 18.0 Å². The SMILES string of the molecule is CC(C)c1cnn(CCN2CCNCC2)c1. The van der Waals surface area contributed by atoms with E-state index in [-0.39, 0.29) is 0 Å². The van der Waals surface area contributed by atoms with Crippen molar-refractivity contribution in [1.29, 1.82) is 0 Å². The van der Waals surface area contributed by atoms with E-state index in [4.69, 9.17) is 0 Å². The monoisotopic (exact) mass is 222 g/mol. The van der Waals surface area contributed by atoms with E-state index >= 15 is 0 Å². The van der Waals surface area contributed by atoms with Gasteiger partial charge in [-0.2, -0.15) is 5.10 Å². The molecule has 2 heterocycles. The number of hydrogen-bond donors (Lipinski definition) is 1. The third-order valence-corrected chi connectivity index (χ3v) is 3.17. The summed E-state index contributed by atoms with van der Waals surface area (Å²) in [5.41, 5.74) is 1.33. The highest BCUT2D eigenvalue weighted by atomic mass is 15.3. The zero-order chi connectivity index (χ0) is 11.4. The average molecular weight is 222 g/mol. The highest BCUT2D eigenvalue weighted by Crippen LogP contribution is 2.12. The molecule has 0 bridgehead atoms. The lowest BCUT2D eigenvalue weighted by Crippen LogP contribution is -2.44. The van der Waals surface area contributed by atoms with Gasteiger partial charge < -0.3 is 5.32 Å². The molecule has 1 aromatic rings. The number of nitrogens with one attached hydrogen (secondary N) is 1. The Bertz CT molecular complexity index is 313. The Hall–Kier alpha value is -0.870. The number of hydrogen-bond acceptors (Lipinski definition) is 3. The second kappa shape index (κ2) is 5.46. The topological polar surface area (TPSA) is 33.1 Å². The molecule has 2 rings (SSSR count). The Morgan fingerprint density at radius 1 is 1.31 bits per heavy atom. The van der Waals surface area contributed by atoms with Crippen molar-refractivity contribution in [3.8, 4) is 0 Å². The first kappa shape index (κ1) is 11.6. The molecule has 0 radical (unpaired) electrons. The van der Waals surface area contributed by atoms with Crippen LogP contribution in [-0.2, 0) is 6.54 Å². The second-order valence-electron chi connectivity index (χ2n) is 4.78. The van der Waals surface area contributed by atoms with Crippen molar-refractivity contribution in [2.24, 2.45) is 0 Å². The highest BCUT2D eigenvalue weighted by Gasteiger charge is 2.09. The largest absolute Gasteiger partial charge is 0.314 e. The van der Waals surface area contributed by atoms with Crippen LogP contribution in [0.15, 0.2) is 12.4 Å². The molecule has 16 heavy (non-hydrogen) atoms. The van der Waals surface area contributed by atoms with Gasteiger partial charge in [-0.25, -0.2) is 0 Å². The van der Waals surface area contributed by atoms with Crippen LogP contribution in [0.5, 0.6) is 0 Å². The molecule has 4 heteroatoms. The Morgan fingerprint density at radius 2 is 2.06 bits per heavy atom. The van der Waals surface area contributed by atoms with Crippen LogP contribution in [0.4, 0.5) is 0 Å². The summed E-state index contributed by atoms with van der Waals surface area (Å²) in [7, 11) is 0. The van der Waals surface area contributed by atoms with Gasteiger partial charge in [0.1, 0.15) is 0 Å². The van der Waals surface area contributed by atoms with Gasteiger partial charge in [0.15, 0.2) is 0 Å². The Morgan fingerprint density at radius 3 is 2.69 bits per heavy atom. The summed E-state index contributed by atoms with van der Waals surface area (Å²) in [5, 5.41) is 7.76. The van der Waals surface area contributed by atoms with Crippen LogP contribution in [0.3, 0.4) is 0 Å². The molecule has 1 fully saturated rings. The molecular formula is C12H22N4. The smallest absolute Gasteiger partial charge is 0.0536 e. The van der Waals surface area contributed by atoms with E-state index in [9.17, 15) is 0 Å². The summed E-state index contributed by atoms with van der Waals surface area (Å²) >= 11 is 0. The molecule has 0 amide bonds. The predicted octanol–water partition coefficient (Wildman–Crippen LogP) is 0.912. The third kappa shape index (κ3) is 3.06. The van der Waals surface area contributed by atoms with Crippen molar-refractivity contribution in [2.75, 3.05) is 32.7 Å². The quantitative estimate of drug-likeness (QED) is 0.822. The third-order valence-electron chi connectivity index (χ3n) is 3.17. The average Bonchev–Trinajstić information content (AvgIpc) is 2.76. The molecule has 0 aliphatic carbocycles. The summed E-state index contributed by atoms with van der Waals surface area (Å²) < 4.78 is 2.07. The Labute approximate surface area is 97.6 Å². The van der Waals surface area contributed by atoms with E-state index < -0.39 is 0 Å². The Balaban J connectivity index is 1.79. The minimum atomic E-state index is 0.577. The van der Waals surface area contributed by atoms with Gasteiger partial charge in [0.25, 0.3) is 0 Å². The summed E-state index contributed by atoms with van der Waals surface area (Å²) in [6.07, 6.45) is 4.16. The maximum Gasteiger partial charge on any atom is 0.0536 e.